The smallest absolute Gasteiger partial charge is 0.0542 e. The first-order valence-electron chi connectivity index (χ1n) is 20.3. The van der Waals surface area contributed by atoms with E-state index in [1.54, 1.807) is 0 Å². The van der Waals surface area contributed by atoms with Crippen molar-refractivity contribution in [2.75, 3.05) is 4.90 Å². The molecule has 0 saturated carbocycles. The lowest BCUT2D eigenvalue weighted by molar-refractivity contribution is 0.660. The van der Waals surface area contributed by atoms with Gasteiger partial charge in [0.2, 0.25) is 0 Å². The van der Waals surface area contributed by atoms with Crippen molar-refractivity contribution < 1.29 is 0 Å². The van der Waals surface area contributed by atoms with Gasteiger partial charge in [0.25, 0.3) is 0 Å². The molecular formula is C55H46N2. The van der Waals surface area contributed by atoms with Crippen LogP contribution in [0.1, 0.15) is 56.7 Å². The second-order valence-electron chi connectivity index (χ2n) is 16.2. The van der Waals surface area contributed by atoms with Gasteiger partial charge in [0.05, 0.1) is 11.0 Å². The van der Waals surface area contributed by atoms with Crippen molar-refractivity contribution in [2.45, 2.75) is 45.4 Å². The van der Waals surface area contributed by atoms with E-state index in [2.05, 4.69) is 225 Å². The topological polar surface area (TPSA) is 8.17 Å². The molecule has 0 amide bonds. The molecule has 1 aliphatic rings. The van der Waals surface area contributed by atoms with E-state index in [0.29, 0.717) is 5.92 Å². The summed E-state index contributed by atoms with van der Waals surface area (Å²) < 4.78 is 2.42. The highest BCUT2D eigenvalue weighted by Crippen LogP contribution is 2.51. The number of anilines is 3. The van der Waals surface area contributed by atoms with Crippen molar-refractivity contribution in [3.63, 3.8) is 0 Å². The van der Waals surface area contributed by atoms with E-state index < -0.39 is 0 Å². The van der Waals surface area contributed by atoms with Gasteiger partial charge >= 0.3 is 0 Å². The summed E-state index contributed by atoms with van der Waals surface area (Å²) in [6.45, 7) is 9.29. The minimum Gasteiger partial charge on any atom is -0.310 e. The largest absolute Gasteiger partial charge is 0.310 e. The van der Waals surface area contributed by atoms with Crippen LogP contribution in [0, 0.1) is 0 Å². The van der Waals surface area contributed by atoms with Gasteiger partial charge in [-0.25, -0.2) is 0 Å². The second-order valence-corrected chi connectivity index (χ2v) is 16.2. The zero-order valence-electron chi connectivity index (χ0n) is 33.1. The Morgan fingerprint density at radius 2 is 1.00 bits per heavy atom. The summed E-state index contributed by atoms with van der Waals surface area (Å²) in [6.07, 6.45) is 1.14. The van der Waals surface area contributed by atoms with Crippen LogP contribution >= 0.6 is 0 Å². The molecule has 0 spiro atoms. The minimum absolute atomic E-state index is 0.110. The molecule has 0 radical (unpaired) electrons. The summed E-state index contributed by atoms with van der Waals surface area (Å²) in [5, 5.41) is 2.47. The van der Waals surface area contributed by atoms with Crippen molar-refractivity contribution in [1.82, 2.24) is 4.57 Å². The Labute approximate surface area is 336 Å². The molecule has 1 heterocycles. The summed E-state index contributed by atoms with van der Waals surface area (Å²) in [5.41, 5.74) is 18.5. The number of para-hydroxylation sites is 1. The van der Waals surface area contributed by atoms with Crippen LogP contribution < -0.4 is 4.90 Å². The van der Waals surface area contributed by atoms with Gasteiger partial charge in [-0.2, -0.15) is 0 Å². The first kappa shape index (κ1) is 34.8. The third-order valence-electron chi connectivity index (χ3n) is 12.5. The molecule has 57 heavy (non-hydrogen) atoms. The molecule has 0 bridgehead atoms. The van der Waals surface area contributed by atoms with Crippen molar-refractivity contribution in [3.05, 3.63) is 205 Å². The first-order valence-corrected chi connectivity index (χ1v) is 20.3. The Kier molecular flexibility index (Phi) is 8.45. The molecule has 8 aromatic carbocycles. The second kappa shape index (κ2) is 13.8. The molecule has 0 aliphatic heterocycles. The van der Waals surface area contributed by atoms with Gasteiger partial charge in [0.15, 0.2) is 0 Å². The monoisotopic (exact) mass is 734 g/mol. The normalized spacial score (nSPS) is 13.4. The van der Waals surface area contributed by atoms with Crippen LogP contribution in [-0.4, -0.2) is 4.57 Å². The van der Waals surface area contributed by atoms with Crippen LogP contribution in [-0.2, 0) is 5.41 Å². The number of hydrogen-bond donors (Lipinski definition) is 0. The molecule has 1 aliphatic carbocycles. The lowest BCUT2D eigenvalue weighted by atomic mass is 9.82. The molecule has 2 heteroatoms. The quantitative estimate of drug-likeness (QED) is 0.151. The minimum atomic E-state index is -0.110. The van der Waals surface area contributed by atoms with E-state index in [4.69, 9.17) is 0 Å². The molecule has 1 aromatic heterocycles. The standard InChI is InChI=1S/C55H46N2/c1-5-37(2)38-20-22-41(23-21-38)42-26-32-53-49(34-42)50-35-45(30-33-54(50)57(53)43-16-10-7-11-17-43)56(44-27-24-40(25-28-44)39-14-8-6-9-15-39)46-29-31-48-47-18-12-13-19-51(47)55(3,4)52(48)36-46/h6-37H,5H2,1-4H3. The SMILES string of the molecule is CCC(C)c1ccc(-c2ccc3c(c2)c2cc(N(c4ccc(-c5ccccc5)cc4)c4ccc5c(c4)C(C)(C)c4ccccc4-5)ccc2n3-c2ccccc2)cc1. The van der Waals surface area contributed by atoms with E-state index in [0.717, 1.165) is 29.2 Å². The van der Waals surface area contributed by atoms with Crippen LogP contribution in [0.2, 0.25) is 0 Å². The van der Waals surface area contributed by atoms with E-state index in [1.807, 2.05) is 0 Å². The van der Waals surface area contributed by atoms with Gasteiger partial charge in [0, 0.05) is 38.9 Å². The molecule has 2 nitrogen and oxygen atoms in total. The van der Waals surface area contributed by atoms with Crippen LogP contribution in [0.3, 0.4) is 0 Å². The molecule has 10 rings (SSSR count). The van der Waals surface area contributed by atoms with E-state index in [9.17, 15) is 0 Å². The molecule has 9 aromatic rings. The Morgan fingerprint density at radius 1 is 0.474 bits per heavy atom. The van der Waals surface area contributed by atoms with Gasteiger partial charge in [0.1, 0.15) is 0 Å². The molecule has 0 N–H and O–H groups in total. The highest BCUT2D eigenvalue weighted by atomic mass is 15.1. The molecule has 276 valence electrons. The van der Waals surface area contributed by atoms with Gasteiger partial charge in [-0.3, -0.25) is 0 Å². The molecule has 1 atom stereocenters. The number of nitrogens with zero attached hydrogens (tertiary/aromatic N) is 2. The fraction of sp³-hybridized carbons (Fsp3) is 0.127. The predicted octanol–water partition coefficient (Wildman–Crippen LogP) is 15.4. The molecule has 0 saturated heterocycles. The van der Waals surface area contributed by atoms with E-state index >= 15 is 0 Å². The average Bonchev–Trinajstić information content (AvgIpc) is 3.71. The maximum absolute atomic E-state index is 2.44. The Bertz CT molecular complexity index is 2900. The lowest BCUT2D eigenvalue weighted by Gasteiger charge is -2.28. The fourth-order valence-electron chi connectivity index (χ4n) is 9.14. The summed E-state index contributed by atoms with van der Waals surface area (Å²) >= 11 is 0. The summed E-state index contributed by atoms with van der Waals surface area (Å²) in [6, 6.07) is 69.6. The lowest BCUT2D eigenvalue weighted by Crippen LogP contribution is -2.16. The Morgan fingerprint density at radius 3 is 1.74 bits per heavy atom. The summed E-state index contributed by atoms with van der Waals surface area (Å²) in [4.78, 5) is 2.44. The van der Waals surface area contributed by atoms with Crippen molar-refractivity contribution >= 4 is 38.9 Å². The Balaban J connectivity index is 1.17. The summed E-state index contributed by atoms with van der Waals surface area (Å²) in [5.74, 6) is 0.549. The first-order chi connectivity index (χ1) is 27.9. The van der Waals surface area contributed by atoms with Crippen LogP contribution in [0.15, 0.2) is 188 Å². The van der Waals surface area contributed by atoms with Gasteiger partial charge in [-0.05, 0) is 129 Å². The molecule has 0 fully saturated rings. The number of fused-ring (bicyclic) bond motifs is 6. The maximum atomic E-state index is 2.44. The summed E-state index contributed by atoms with van der Waals surface area (Å²) in [7, 11) is 0. The van der Waals surface area contributed by atoms with Crippen molar-refractivity contribution in [3.8, 4) is 39.1 Å². The molecule has 1 unspecified atom stereocenters. The predicted molar refractivity (Wildman–Crippen MR) is 243 cm³/mol. The van der Waals surface area contributed by atoms with E-state index in [-0.39, 0.29) is 5.41 Å². The van der Waals surface area contributed by atoms with Crippen LogP contribution in [0.25, 0.3) is 60.9 Å². The third kappa shape index (κ3) is 5.87. The average molecular weight is 735 g/mol. The zero-order valence-corrected chi connectivity index (χ0v) is 33.1. The zero-order chi connectivity index (χ0) is 38.7. The van der Waals surface area contributed by atoms with Gasteiger partial charge < -0.3 is 9.47 Å². The van der Waals surface area contributed by atoms with Crippen molar-refractivity contribution in [2.24, 2.45) is 0 Å². The number of hydrogen-bond acceptors (Lipinski definition) is 1. The van der Waals surface area contributed by atoms with E-state index in [1.165, 1.54) is 71.9 Å². The fourth-order valence-corrected chi connectivity index (χ4v) is 9.14. The highest BCUT2D eigenvalue weighted by Gasteiger charge is 2.35. The van der Waals surface area contributed by atoms with Gasteiger partial charge in [-0.1, -0.05) is 149 Å². The number of aromatic nitrogens is 1. The van der Waals surface area contributed by atoms with Gasteiger partial charge in [-0.15, -0.1) is 0 Å². The highest BCUT2D eigenvalue weighted by molar-refractivity contribution is 6.12. The third-order valence-corrected chi connectivity index (χ3v) is 12.5. The molecular weight excluding hydrogens is 689 g/mol. The maximum Gasteiger partial charge on any atom is 0.0542 e. The van der Waals surface area contributed by atoms with Crippen LogP contribution in [0.5, 0.6) is 0 Å². The Hall–Kier alpha value is -6.64. The number of benzene rings is 8. The van der Waals surface area contributed by atoms with Crippen LogP contribution in [0.4, 0.5) is 17.1 Å². The number of rotatable bonds is 8. The van der Waals surface area contributed by atoms with Crippen molar-refractivity contribution in [1.29, 1.82) is 0 Å².